The Morgan fingerprint density at radius 2 is 1.87 bits per heavy atom. The molecule has 0 spiro atoms. The van der Waals surface area contributed by atoms with E-state index in [-0.39, 0.29) is 11.7 Å². The van der Waals surface area contributed by atoms with Crippen molar-refractivity contribution < 1.29 is 13.9 Å². The topological polar surface area (TPSA) is 50.7 Å². The molecule has 1 heterocycles. The quantitative estimate of drug-likeness (QED) is 0.383. The number of halogens is 3. The van der Waals surface area contributed by atoms with E-state index in [2.05, 4.69) is 26.2 Å². The van der Waals surface area contributed by atoms with E-state index in [1.807, 2.05) is 36.4 Å². The molecule has 31 heavy (non-hydrogen) atoms. The molecular weight excluding hydrogens is 503 g/mol. The van der Waals surface area contributed by atoms with Crippen LogP contribution in [0.1, 0.15) is 11.1 Å². The van der Waals surface area contributed by atoms with Gasteiger partial charge >= 0.3 is 0 Å². The SMILES string of the molecule is O=C1NC(=Nc2ccc(F)cc2)S/C1=C/c1cc(Cl)c(OCc2ccccc2)c(Br)c1. The molecule has 1 amide bonds. The van der Waals surface area contributed by atoms with Gasteiger partial charge in [-0.2, -0.15) is 0 Å². The molecule has 1 aliphatic heterocycles. The van der Waals surface area contributed by atoms with E-state index < -0.39 is 0 Å². The van der Waals surface area contributed by atoms with Crippen LogP contribution in [-0.4, -0.2) is 11.1 Å². The number of nitrogens with zero attached hydrogens (tertiary/aromatic N) is 1. The molecule has 3 aromatic rings. The molecule has 4 rings (SSSR count). The fourth-order valence-electron chi connectivity index (χ4n) is 2.80. The third kappa shape index (κ3) is 5.55. The molecule has 0 unspecified atom stereocenters. The molecule has 0 atom stereocenters. The average Bonchev–Trinajstić information content (AvgIpc) is 3.08. The highest BCUT2D eigenvalue weighted by Crippen LogP contribution is 2.37. The Morgan fingerprint density at radius 3 is 2.58 bits per heavy atom. The molecule has 3 aromatic carbocycles. The maximum Gasteiger partial charge on any atom is 0.264 e. The van der Waals surface area contributed by atoms with Crippen molar-refractivity contribution in [3.05, 3.63) is 98.1 Å². The maximum absolute atomic E-state index is 13.0. The highest BCUT2D eigenvalue weighted by Gasteiger charge is 2.24. The minimum Gasteiger partial charge on any atom is -0.486 e. The molecule has 1 fully saturated rings. The molecule has 0 bridgehead atoms. The van der Waals surface area contributed by atoms with E-state index in [0.717, 1.165) is 11.1 Å². The molecule has 0 radical (unpaired) electrons. The van der Waals surface area contributed by atoms with Crippen LogP contribution in [0.4, 0.5) is 10.1 Å². The number of aliphatic imine (C=N–C) groups is 1. The lowest BCUT2D eigenvalue weighted by Gasteiger charge is -2.11. The summed E-state index contributed by atoms with van der Waals surface area (Å²) in [4.78, 5) is 17.1. The molecule has 1 aliphatic rings. The summed E-state index contributed by atoms with van der Waals surface area (Å²) in [6.45, 7) is 0.390. The number of amidine groups is 1. The lowest BCUT2D eigenvalue weighted by Crippen LogP contribution is -2.19. The summed E-state index contributed by atoms with van der Waals surface area (Å²) in [6.07, 6.45) is 1.73. The molecule has 4 nitrogen and oxygen atoms in total. The van der Waals surface area contributed by atoms with Gasteiger partial charge in [0.05, 0.1) is 20.1 Å². The zero-order chi connectivity index (χ0) is 21.8. The van der Waals surface area contributed by atoms with Gasteiger partial charge in [0, 0.05) is 0 Å². The van der Waals surface area contributed by atoms with Crippen molar-refractivity contribution in [2.24, 2.45) is 4.99 Å². The lowest BCUT2D eigenvalue weighted by atomic mass is 10.2. The third-order valence-electron chi connectivity index (χ3n) is 4.25. The standard InChI is InChI=1S/C23H15BrClFN2O2S/c24-18-10-15(11-19(25)21(18)30-13-14-4-2-1-3-5-14)12-20-22(29)28-23(31-20)27-17-8-6-16(26)7-9-17/h1-12H,13H2,(H,27,28,29)/b20-12+. The van der Waals surface area contributed by atoms with Crippen LogP contribution in [0.15, 0.2) is 81.1 Å². The molecule has 1 saturated heterocycles. The van der Waals surface area contributed by atoms with Gasteiger partial charge in [-0.1, -0.05) is 41.9 Å². The number of rotatable bonds is 5. The van der Waals surface area contributed by atoms with Crippen LogP contribution < -0.4 is 10.1 Å². The molecule has 0 aliphatic carbocycles. The number of benzene rings is 3. The number of ether oxygens (including phenoxy) is 1. The summed E-state index contributed by atoms with van der Waals surface area (Å²) < 4.78 is 19.6. The number of nitrogens with one attached hydrogen (secondary N) is 1. The van der Waals surface area contributed by atoms with Gasteiger partial charge in [-0.25, -0.2) is 9.38 Å². The van der Waals surface area contributed by atoms with Crippen LogP contribution in [0, 0.1) is 5.82 Å². The fraction of sp³-hybridized carbons (Fsp3) is 0.0435. The van der Waals surface area contributed by atoms with E-state index in [9.17, 15) is 9.18 Å². The smallest absolute Gasteiger partial charge is 0.264 e. The van der Waals surface area contributed by atoms with Crippen LogP contribution in [0.25, 0.3) is 6.08 Å². The second-order valence-corrected chi connectivity index (χ2v) is 8.84. The van der Waals surface area contributed by atoms with E-state index >= 15 is 0 Å². The maximum atomic E-state index is 13.0. The zero-order valence-electron chi connectivity index (χ0n) is 15.9. The summed E-state index contributed by atoms with van der Waals surface area (Å²) in [5.74, 6) is -0.0661. The number of hydrogen-bond donors (Lipinski definition) is 1. The largest absolute Gasteiger partial charge is 0.486 e. The van der Waals surface area contributed by atoms with E-state index in [4.69, 9.17) is 16.3 Å². The predicted octanol–water partition coefficient (Wildman–Crippen LogP) is 6.71. The van der Waals surface area contributed by atoms with E-state index in [1.54, 1.807) is 24.3 Å². The summed E-state index contributed by atoms with van der Waals surface area (Å²) in [5, 5.41) is 3.57. The van der Waals surface area contributed by atoms with Gasteiger partial charge in [-0.05, 0) is 81.3 Å². The highest BCUT2D eigenvalue weighted by molar-refractivity contribution is 9.10. The lowest BCUT2D eigenvalue weighted by molar-refractivity contribution is -0.115. The molecule has 156 valence electrons. The van der Waals surface area contributed by atoms with Gasteiger partial charge in [0.25, 0.3) is 5.91 Å². The van der Waals surface area contributed by atoms with E-state index in [0.29, 0.717) is 37.6 Å². The fourth-order valence-corrected chi connectivity index (χ4v) is 4.63. The number of hydrogen-bond acceptors (Lipinski definition) is 4. The van der Waals surface area contributed by atoms with Gasteiger partial charge in [-0.3, -0.25) is 4.79 Å². The first-order valence-corrected chi connectivity index (χ1v) is 11.2. The van der Waals surface area contributed by atoms with Gasteiger partial charge < -0.3 is 10.1 Å². The number of carbonyl (C=O) groups is 1. The van der Waals surface area contributed by atoms with E-state index in [1.165, 1.54) is 23.9 Å². The molecule has 1 N–H and O–H groups in total. The summed E-state index contributed by atoms with van der Waals surface area (Å²) in [5.41, 5.74) is 2.32. The number of amides is 1. The van der Waals surface area contributed by atoms with Crippen molar-refractivity contribution in [1.29, 1.82) is 0 Å². The zero-order valence-corrected chi connectivity index (χ0v) is 19.1. The van der Waals surface area contributed by atoms with Gasteiger partial charge in [0.1, 0.15) is 12.4 Å². The van der Waals surface area contributed by atoms with Crippen molar-refractivity contribution >= 4 is 62.1 Å². The first kappa shape index (κ1) is 21.6. The Morgan fingerprint density at radius 1 is 1.13 bits per heavy atom. The average molecular weight is 518 g/mol. The predicted molar refractivity (Wildman–Crippen MR) is 127 cm³/mol. The van der Waals surface area contributed by atoms with Crippen LogP contribution in [0.3, 0.4) is 0 Å². The van der Waals surface area contributed by atoms with Gasteiger partial charge in [0.2, 0.25) is 0 Å². The summed E-state index contributed by atoms with van der Waals surface area (Å²) >= 11 is 11.1. The van der Waals surface area contributed by atoms with Crippen LogP contribution in [0.5, 0.6) is 5.75 Å². The Balaban J connectivity index is 1.50. The molecule has 8 heteroatoms. The van der Waals surface area contributed by atoms with Gasteiger partial charge in [0.15, 0.2) is 10.9 Å². The number of thioether (sulfide) groups is 1. The minimum atomic E-state index is -0.341. The first-order valence-electron chi connectivity index (χ1n) is 9.19. The van der Waals surface area contributed by atoms with Crippen LogP contribution >= 0.6 is 39.3 Å². The normalized spacial score (nSPS) is 16.0. The Labute approximate surface area is 196 Å². The molecule has 0 saturated carbocycles. The molecule has 0 aromatic heterocycles. The van der Waals surface area contributed by atoms with Crippen LogP contribution in [0.2, 0.25) is 5.02 Å². The van der Waals surface area contributed by atoms with Crippen molar-refractivity contribution in [3.63, 3.8) is 0 Å². The Bertz CT molecular complexity index is 1160. The Hall–Kier alpha value is -2.61. The Kier molecular flexibility index (Phi) is 6.75. The number of carbonyl (C=O) groups excluding carboxylic acids is 1. The third-order valence-corrected chi connectivity index (χ3v) is 6.03. The first-order chi connectivity index (χ1) is 15.0. The van der Waals surface area contributed by atoms with Crippen molar-refractivity contribution in [1.82, 2.24) is 5.32 Å². The van der Waals surface area contributed by atoms with Gasteiger partial charge in [-0.15, -0.1) is 0 Å². The van der Waals surface area contributed by atoms with Crippen molar-refractivity contribution in [2.45, 2.75) is 6.61 Å². The van der Waals surface area contributed by atoms with Crippen molar-refractivity contribution in [3.8, 4) is 5.75 Å². The summed E-state index contributed by atoms with van der Waals surface area (Å²) in [7, 11) is 0. The second-order valence-electron chi connectivity index (χ2n) is 6.55. The van der Waals surface area contributed by atoms with Crippen LogP contribution in [-0.2, 0) is 11.4 Å². The minimum absolute atomic E-state index is 0.262. The molecular formula is C23H15BrClFN2O2S. The van der Waals surface area contributed by atoms with Crippen molar-refractivity contribution in [2.75, 3.05) is 0 Å². The second kappa shape index (κ2) is 9.68. The summed E-state index contributed by atoms with van der Waals surface area (Å²) in [6, 6.07) is 19.1. The monoisotopic (exact) mass is 516 g/mol. The highest BCUT2D eigenvalue weighted by atomic mass is 79.9.